The van der Waals surface area contributed by atoms with Gasteiger partial charge in [0.25, 0.3) is 0 Å². The summed E-state index contributed by atoms with van der Waals surface area (Å²) in [6, 6.07) is 1.72. The summed E-state index contributed by atoms with van der Waals surface area (Å²) in [4.78, 5) is 4.50. The first-order valence-electron chi connectivity index (χ1n) is 5.11. The second kappa shape index (κ2) is 5.08. The van der Waals surface area contributed by atoms with Crippen molar-refractivity contribution in [2.45, 2.75) is 6.42 Å². The van der Waals surface area contributed by atoms with Gasteiger partial charge in [0.15, 0.2) is 5.75 Å². The SMILES string of the molecule is COc1cc(Cl)c(OC)c2sc(CCN)nc12. The number of fused-ring (bicyclic) bond motifs is 1. The zero-order chi connectivity index (χ0) is 12.4. The number of ether oxygens (including phenoxy) is 2. The molecule has 1 heterocycles. The average molecular weight is 273 g/mol. The van der Waals surface area contributed by atoms with Gasteiger partial charge in [-0.2, -0.15) is 0 Å². The number of hydrogen-bond donors (Lipinski definition) is 1. The Hall–Kier alpha value is -1.04. The third-order valence-corrected chi connectivity index (χ3v) is 3.76. The first kappa shape index (κ1) is 12.4. The van der Waals surface area contributed by atoms with Crippen molar-refractivity contribution in [2.75, 3.05) is 20.8 Å². The number of rotatable bonds is 4. The van der Waals surface area contributed by atoms with Crippen molar-refractivity contribution in [3.63, 3.8) is 0 Å². The van der Waals surface area contributed by atoms with Gasteiger partial charge < -0.3 is 15.2 Å². The fourth-order valence-electron chi connectivity index (χ4n) is 1.62. The molecule has 0 aliphatic carbocycles. The van der Waals surface area contributed by atoms with Crippen molar-refractivity contribution in [1.29, 1.82) is 0 Å². The Labute approximate surface area is 108 Å². The second-order valence-electron chi connectivity index (χ2n) is 3.42. The maximum Gasteiger partial charge on any atom is 0.157 e. The maximum absolute atomic E-state index is 6.12. The fraction of sp³-hybridized carbons (Fsp3) is 0.364. The van der Waals surface area contributed by atoms with Crippen LogP contribution in [0.15, 0.2) is 6.07 Å². The molecule has 0 spiro atoms. The highest BCUT2D eigenvalue weighted by Gasteiger charge is 2.16. The summed E-state index contributed by atoms with van der Waals surface area (Å²) in [6.45, 7) is 0.568. The van der Waals surface area contributed by atoms with E-state index in [0.717, 1.165) is 21.6 Å². The number of thiazole rings is 1. The van der Waals surface area contributed by atoms with E-state index in [1.54, 1.807) is 20.3 Å². The topological polar surface area (TPSA) is 57.4 Å². The summed E-state index contributed by atoms with van der Waals surface area (Å²) >= 11 is 7.66. The highest BCUT2D eigenvalue weighted by Crippen LogP contribution is 2.42. The van der Waals surface area contributed by atoms with Crippen LogP contribution in [0.2, 0.25) is 5.02 Å². The number of methoxy groups -OCH3 is 2. The molecule has 2 rings (SSSR count). The summed E-state index contributed by atoms with van der Waals surface area (Å²) in [7, 11) is 3.19. The van der Waals surface area contributed by atoms with Crippen LogP contribution in [0.25, 0.3) is 10.2 Å². The summed E-state index contributed by atoms with van der Waals surface area (Å²) in [5.41, 5.74) is 6.31. The molecule has 2 N–H and O–H groups in total. The Morgan fingerprint density at radius 3 is 2.76 bits per heavy atom. The van der Waals surface area contributed by atoms with Crippen molar-refractivity contribution < 1.29 is 9.47 Å². The number of nitrogens with zero attached hydrogens (tertiary/aromatic N) is 1. The van der Waals surface area contributed by atoms with Crippen LogP contribution in [0.4, 0.5) is 0 Å². The van der Waals surface area contributed by atoms with Crippen LogP contribution in [0.5, 0.6) is 11.5 Å². The van der Waals surface area contributed by atoms with Crippen LogP contribution >= 0.6 is 22.9 Å². The highest BCUT2D eigenvalue weighted by molar-refractivity contribution is 7.19. The predicted molar refractivity (Wildman–Crippen MR) is 70.5 cm³/mol. The fourth-order valence-corrected chi connectivity index (χ4v) is 3.07. The van der Waals surface area contributed by atoms with Crippen molar-refractivity contribution >= 4 is 33.2 Å². The molecule has 4 nitrogen and oxygen atoms in total. The number of hydrogen-bond acceptors (Lipinski definition) is 5. The molecule has 92 valence electrons. The van der Waals surface area contributed by atoms with E-state index in [-0.39, 0.29) is 0 Å². The van der Waals surface area contributed by atoms with E-state index >= 15 is 0 Å². The summed E-state index contributed by atoms with van der Waals surface area (Å²) in [6.07, 6.45) is 0.739. The largest absolute Gasteiger partial charge is 0.494 e. The zero-order valence-electron chi connectivity index (χ0n) is 9.62. The molecule has 17 heavy (non-hydrogen) atoms. The molecule has 2 aromatic rings. The predicted octanol–water partition coefficient (Wildman–Crippen LogP) is 2.47. The number of nitrogens with two attached hydrogens (primary N) is 1. The maximum atomic E-state index is 6.12. The van der Waals surface area contributed by atoms with Gasteiger partial charge >= 0.3 is 0 Å². The van der Waals surface area contributed by atoms with E-state index in [4.69, 9.17) is 26.8 Å². The van der Waals surface area contributed by atoms with Crippen molar-refractivity contribution in [1.82, 2.24) is 4.98 Å². The molecule has 6 heteroatoms. The van der Waals surface area contributed by atoms with E-state index in [2.05, 4.69) is 4.98 Å². The van der Waals surface area contributed by atoms with Crippen molar-refractivity contribution in [3.8, 4) is 11.5 Å². The van der Waals surface area contributed by atoms with E-state index < -0.39 is 0 Å². The van der Waals surface area contributed by atoms with Gasteiger partial charge in [-0.25, -0.2) is 4.98 Å². The van der Waals surface area contributed by atoms with Gasteiger partial charge in [-0.1, -0.05) is 11.6 Å². The van der Waals surface area contributed by atoms with E-state index in [1.807, 2.05) is 0 Å². The van der Waals surface area contributed by atoms with Crippen LogP contribution in [-0.2, 0) is 6.42 Å². The molecule has 0 saturated carbocycles. The lowest BCUT2D eigenvalue weighted by Crippen LogP contribution is -2.01. The van der Waals surface area contributed by atoms with E-state index in [9.17, 15) is 0 Å². The Morgan fingerprint density at radius 2 is 2.18 bits per heavy atom. The lowest BCUT2D eigenvalue weighted by atomic mass is 10.3. The standard InChI is InChI=1S/C11H13ClN2O2S/c1-15-7-5-6(12)10(16-2)11-9(7)14-8(17-11)3-4-13/h5H,3-4,13H2,1-2H3. The quantitative estimate of drug-likeness (QED) is 0.929. The van der Waals surface area contributed by atoms with Gasteiger partial charge in [-0.05, 0) is 6.54 Å². The molecule has 0 radical (unpaired) electrons. The van der Waals surface area contributed by atoms with Crippen molar-refractivity contribution in [3.05, 3.63) is 16.1 Å². The van der Waals surface area contributed by atoms with Gasteiger partial charge in [-0.15, -0.1) is 11.3 Å². The zero-order valence-corrected chi connectivity index (χ0v) is 11.2. The Bertz CT molecular complexity index is 542. The molecule has 1 aromatic heterocycles. The molecule has 1 aromatic carbocycles. The normalized spacial score (nSPS) is 10.8. The number of benzene rings is 1. The molecule has 0 atom stereocenters. The molecule has 0 bridgehead atoms. The third-order valence-electron chi connectivity index (χ3n) is 2.37. The Morgan fingerprint density at radius 1 is 1.41 bits per heavy atom. The molecule has 0 unspecified atom stereocenters. The average Bonchev–Trinajstić information content (AvgIpc) is 2.72. The monoisotopic (exact) mass is 272 g/mol. The first-order valence-corrected chi connectivity index (χ1v) is 6.30. The lowest BCUT2D eigenvalue weighted by molar-refractivity contribution is 0.410. The summed E-state index contributed by atoms with van der Waals surface area (Å²) in [5.74, 6) is 1.30. The molecule has 0 saturated heterocycles. The summed E-state index contributed by atoms with van der Waals surface area (Å²) < 4.78 is 11.5. The van der Waals surface area contributed by atoms with Gasteiger partial charge in [0.05, 0.1) is 24.2 Å². The number of halogens is 1. The molecule has 0 fully saturated rings. The van der Waals surface area contributed by atoms with Crippen LogP contribution < -0.4 is 15.2 Å². The summed E-state index contributed by atoms with van der Waals surface area (Å²) in [5, 5.41) is 1.49. The van der Waals surface area contributed by atoms with Gasteiger partial charge in [-0.3, -0.25) is 0 Å². The highest BCUT2D eigenvalue weighted by atomic mass is 35.5. The van der Waals surface area contributed by atoms with E-state index in [0.29, 0.717) is 23.1 Å². The van der Waals surface area contributed by atoms with Gasteiger partial charge in [0.2, 0.25) is 0 Å². The Kier molecular flexibility index (Phi) is 3.71. The number of aromatic nitrogens is 1. The second-order valence-corrected chi connectivity index (χ2v) is 4.91. The molecular formula is C11H13ClN2O2S. The van der Waals surface area contributed by atoms with Gasteiger partial charge in [0, 0.05) is 12.5 Å². The van der Waals surface area contributed by atoms with Crippen LogP contribution in [0, 0.1) is 0 Å². The minimum atomic E-state index is 0.528. The minimum Gasteiger partial charge on any atom is -0.494 e. The van der Waals surface area contributed by atoms with Crippen molar-refractivity contribution in [2.24, 2.45) is 5.73 Å². The van der Waals surface area contributed by atoms with Crippen LogP contribution in [0.1, 0.15) is 5.01 Å². The van der Waals surface area contributed by atoms with E-state index in [1.165, 1.54) is 11.3 Å². The third kappa shape index (κ3) is 2.18. The van der Waals surface area contributed by atoms with Crippen LogP contribution in [0.3, 0.4) is 0 Å². The molecule has 0 amide bonds. The first-order chi connectivity index (χ1) is 8.21. The molecule has 0 aliphatic rings. The molecule has 0 aliphatic heterocycles. The lowest BCUT2D eigenvalue weighted by Gasteiger charge is -2.06. The Balaban J connectivity index is 2.69. The molecular weight excluding hydrogens is 260 g/mol. The van der Waals surface area contributed by atoms with Crippen LogP contribution in [-0.4, -0.2) is 25.7 Å². The van der Waals surface area contributed by atoms with Gasteiger partial charge in [0.1, 0.15) is 16.0 Å². The smallest absolute Gasteiger partial charge is 0.157 e. The minimum absolute atomic E-state index is 0.528.